The zero-order chi connectivity index (χ0) is 12.4. The number of amides is 1. The van der Waals surface area contributed by atoms with Crippen molar-refractivity contribution in [2.75, 3.05) is 25.5 Å². The molecule has 1 aromatic carbocycles. The summed E-state index contributed by atoms with van der Waals surface area (Å²) in [6.07, 6.45) is 0.896. The van der Waals surface area contributed by atoms with Crippen LogP contribution in [0.15, 0.2) is 18.2 Å². The third-order valence-electron chi connectivity index (χ3n) is 2.95. The summed E-state index contributed by atoms with van der Waals surface area (Å²) in [5, 5.41) is 3.88. The molecule has 0 aliphatic carbocycles. The third kappa shape index (κ3) is 3.12. The highest BCUT2D eigenvalue weighted by Gasteiger charge is 2.26. The van der Waals surface area contributed by atoms with Crippen LogP contribution in [0.2, 0.25) is 10.0 Å². The molecule has 0 aromatic heterocycles. The molecule has 3 nitrogen and oxygen atoms in total. The number of anilines is 1. The van der Waals surface area contributed by atoms with Crippen LogP contribution in [0.25, 0.3) is 0 Å². The second-order valence-electron chi connectivity index (χ2n) is 4.36. The van der Waals surface area contributed by atoms with Gasteiger partial charge in [0.15, 0.2) is 0 Å². The maximum absolute atomic E-state index is 12.0. The van der Waals surface area contributed by atoms with Gasteiger partial charge in [0.25, 0.3) is 0 Å². The molecular formula is C12H14Cl2N2O. The van der Waals surface area contributed by atoms with Crippen molar-refractivity contribution in [3.63, 3.8) is 0 Å². The van der Waals surface area contributed by atoms with E-state index < -0.39 is 0 Å². The normalized spacial score (nSPS) is 20.5. The van der Waals surface area contributed by atoms with Gasteiger partial charge in [-0.3, -0.25) is 4.79 Å². The molecule has 0 radical (unpaired) electrons. The van der Waals surface area contributed by atoms with Crippen LogP contribution in [0.5, 0.6) is 0 Å². The predicted octanol–water partition coefficient (Wildman–Crippen LogP) is 2.88. The van der Waals surface area contributed by atoms with E-state index in [4.69, 9.17) is 23.2 Å². The van der Waals surface area contributed by atoms with E-state index in [9.17, 15) is 4.79 Å². The Kier molecular flexibility index (Phi) is 3.92. The molecule has 1 N–H and O–H groups in total. The lowest BCUT2D eigenvalue weighted by Gasteiger charge is -2.12. The van der Waals surface area contributed by atoms with Crippen molar-refractivity contribution in [2.45, 2.75) is 6.42 Å². The van der Waals surface area contributed by atoms with Crippen LogP contribution in [-0.2, 0) is 4.79 Å². The molecule has 92 valence electrons. The van der Waals surface area contributed by atoms with Gasteiger partial charge < -0.3 is 10.2 Å². The zero-order valence-corrected chi connectivity index (χ0v) is 11.1. The molecule has 0 spiro atoms. The Labute approximate surface area is 111 Å². The Bertz CT molecular complexity index is 437. The van der Waals surface area contributed by atoms with E-state index in [1.807, 2.05) is 7.05 Å². The van der Waals surface area contributed by atoms with Crippen molar-refractivity contribution in [3.05, 3.63) is 28.2 Å². The molecule has 1 amide bonds. The Morgan fingerprint density at radius 3 is 2.82 bits per heavy atom. The molecule has 1 heterocycles. The minimum absolute atomic E-state index is 0.0265. The van der Waals surface area contributed by atoms with E-state index in [0.29, 0.717) is 15.7 Å². The highest BCUT2D eigenvalue weighted by atomic mass is 35.5. The van der Waals surface area contributed by atoms with Crippen LogP contribution in [-0.4, -0.2) is 30.9 Å². The Hall–Kier alpha value is -0.770. The smallest absolute Gasteiger partial charge is 0.228 e. The summed E-state index contributed by atoms with van der Waals surface area (Å²) in [7, 11) is 2.02. The fourth-order valence-corrected chi connectivity index (χ4v) is 2.43. The predicted molar refractivity (Wildman–Crippen MR) is 70.7 cm³/mol. The maximum atomic E-state index is 12.0. The largest absolute Gasteiger partial charge is 0.324 e. The number of benzene rings is 1. The maximum Gasteiger partial charge on any atom is 0.228 e. The first-order valence-electron chi connectivity index (χ1n) is 5.50. The van der Waals surface area contributed by atoms with Gasteiger partial charge in [0.05, 0.1) is 16.6 Å². The van der Waals surface area contributed by atoms with Crippen LogP contribution >= 0.6 is 23.2 Å². The van der Waals surface area contributed by atoms with Crippen molar-refractivity contribution < 1.29 is 4.79 Å². The number of nitrogens with zero attached hydrogens (tertiary/aromatic N) is 1. The van der Waals surface area contributed by atoms with Gasteiger partial charge in [-0.25, -0.2) is 0 Å². The van der Waals surface area contributed by atoms with E-state index in [1.165, 1.54) is 0 Å². The number of nitrogens with one attached hydrogen (secondary N) is 1. The van der Waals surface area contributed by atoms with E-state index >= 15 is 0 Å². The molecule has 1 aromatic rings. The molecule has 5 heteroatoms. The summed E-state index contributed by atoms with van der Waals surface area (Å²) in [6.45, 7) is 1.77. The molecule has 0 bridgehead atoms. The molecule has 1 fully saturated rings. The topological polar surface area (TPSA) is 32.3 Å². The first-order valence-corrected chi connectivity index (χ1v) is 6.26. The average molecular weight is 273 g/mol. The summed E-state index contributed by atoms with van der Waals surface area (Å²) in [5.74, 6) is 0.0744. The highest BCUT2D eigenvalue weighted by molar-refractivity contribution is 6.36. The second kappa shape index (κ2) is 5.25. The van der Waals surface area contributed by atoms with E-state index in [-0.39, 0.29) is 11.8 Å². The van der Waals surface area contributed by atoms with E-state index in [0.717, 1.165) is 19.5 Å². The van der Waals surface area contributed by atoms with Crippen LogP contribution in [0.4, 0.5) is 5.69 Å². The van der Waals surface area contributed by atoms with Crippen molar-refractivity contribution in [3.8, 4) is 0 Å². The Morgan fingerprint density at radius 1 is 1.47 bits per heavy atom. The molecule has 1 aliphatic heterocycles. The summed E-state index contributed by atoms with van der Waals surface area (Å²) in [6, 6.07) is 5.06. The minimum atomic E-state index is 0.0265. The monoisotopic (exact) mass is 272 g/mol. The van der Waals surface area contributed by atoms with Crippen LogP contribution in [0.3, 0.4) is 0 Å². The summed E-state index contributed by atoms with van der Waals surface area (Å²) >= 11 is 11.8. The molecule has 1 atom stereocenters. The SMILES string of the molecule is CN1CCC(C(=O)Nc2ccc(Cl)cc2Cl)C1. The summed E-state index contributed by atoms with van der Waals surface area (Å²) in [5.41, 5.74) is 0.621. The van der Waals surface area contributed by atoms with E-state index in [1.54, 1.807) is 18.2 Å². The molecule has 0 saturated carbocycles. The van der Waals surface area contributed by atoms with Gasteiger partial charge in [-0.05, 0) is 38.2 Å². The third-order valence-corrected chi connectivity index (χ3v) is 3.50. The van der Waals surface area contributed by atoms with Crippen molar-refractivity contribution in [2.24, 2.45) is 5.92 Å². The highest BCUT2D eigenvalue weighted by Crippen LogP contribution is 2.26. The molecule has 2 rings (SSSR count). The van der Waals surface area contributed by atoms with Gasteiger partial charge in [0.2, 0.25) is 5.91 Å². The van der Waals surface area contributed by atoms with Gasteiger partial charge in [-0.1, -0.05) is 23.2 Å². The number of rotatable bonds is 2. The number of carbonyl (C=O) groups is 1. The molecule has 1 saturated heterocycles. The van der Waals surface area contributed by atoms with Crippen molar-refractivity contribution in [1.82, 2.24) is 4.90 Å². The summed E-state index contributed by atoms with van der Waals surface area (Å²) in [4.78, 5) is 14.1. The molecule has 1 aliphatic rings. The molecule has 17 heavy (non-hydrogen) atoms. The fraction of sp³-hybridized carbons (Fsp3) is 0.417. The number of likely N-dealkylation sites (tertiary alicyclic amines) is 1. The molecular weight excluding hydrogens is 259 g/mol. The Balaban J connectivity index is 2.03. The second-order valence-corrected chi connectivity index (χ2v) is 5.20. The lowest BCUT2D eigenvalue weighted by Crippen LogP contribution is -2.25. The van der Waals surface area contributed by atoms with Gasteiger partial charge >= 0.3 is 0 Å². The van der Waals surface area contributed by atoms with Gasteiger partial charge in [-0.2, -0.15) is 0 Å². The summed E-state index contributed by atoms with van der Waals surface area (Å²) < 4.78 is 0. The van der Waals surface area contributed by atoms with E-state index in [2.05, 4.69) is 10.2 Å². The first kappa shape index (κ1) is 12.7. The van der Waals surface area contributed by atoms with Gasteiger partial charge in [-0.15, -0.1) is 0 Å². The standard InChI is InChI=1S/C12H14Cl2N2O/c1-16-5-4-8(7-16)12(17)15-11-3-2-9(13)6-10(11)14/h2-3,6,8H,4-5,7H2,1H3,(H,15,17). The minimum Gasteiger partial charge on any atom is -0.324 e. The number of hydrogen-bond donors (Lipinski definition) is 1. The van der Waals surface area contributed by atoms with Crippen molar-refractivity contribution in [1.29, 1.82) is 0 Å². The fourth-order valence-electron chi connectivity index (χ4n) is 1.97. The number of hydrogen-bond acceptors (Lipinski definition) is 2. The van der Waals surface area contributed by atoms with Crippen LogP contribution in [0.1, 0.15) is 6.42 Å². The van der Waals surface area contributed by atoms with Crippen LogP contribution in [0, 0.1) is 5.92 Å². The van der Waals surface area contributed by atoms with Gasteiger partial charge in [0, 0.05) is 11.6 Å². The Morgan fingerprint density at radius 2 is 2.24 bits per heavy atom. The lowest BCUT2D eigenvalue weighted by molar-refractivity contribution is -0.119. The molecule has 1 unspecified atom stereocenters. The van der Waals surface area contributed by atoms with Crippen LogP contribution < -0.4 is 5.32 Å². The van der Waals surface area contributed by atoms with Gasteiger partial charge in [0.1, 0.15) is 0 Å². The number of carbonyl (C=O) groups excluding carboxylic acids is 1. The average Bonchev–Trinajstić information content (AvgIpc) is 2.69. The first-order chi connectivity index (χ1) is 8.06. The quantitative estimate of drug-likeness (QED) is 0.898. The number of halogens is 2. The lowest BCUT2D eigenvalue weighted by atomic mass is 10.1. The van der Waals surface area contributed by atoms with Crippen molar-refractivity contribution >= 4 is 34.8 Å². The zero-order valence-electron chi connectivity index (χ0n) is 9.54.